The van der Waals surface area contributed by atoms with Gasteiger partial charge in [-0.25, -0.2) is 0 Å². The van der Waals surface area contributed by atoms with Gasteiger partial charge in [-0.3, -0.25) is 0 Å². The Morgan fingerprint density at radius 3 is 2.42 bits per heavy atom. The molecule has 0 amide bonds. The molecule has 0 saturated carbocycles. The maximum atomic E-state index is 11.1. The highest BCUT2D eigenvalue weighted by Crippen LogP contribution is 2.17. The highest BCUT2D eigenvalue weighted by Gasteiger charge is 2.07. The highest BCUT2D eigenvalue weighted by atomic mass is 16.5. The lowest BCUT2D eigenvalue weighted by Gasteiger charge is -2.10. The molecule has 0 bridgehead atoms. The summed E-state index contributed by atoms with van der Waals surface area (Å²) in [5.74, 6) is 1.11. The molecule has 0 N–H and O–H groups in total. The smallest absolute Gasteiger partial charge is 0.123 e. The van der Waals surface area contributed by atoms with Gasteiger partial charge in [0, 0.05) is 5.92 Å². The first-order chi connectivity index (χ1) is 9.30. The normalized spacial score (nSPS) is 12.1. The fraction of sp³-hybridized carbons (Fsp3) is 0.588. The van der Waals surface area contributed by atoms with Gasteiger partial charge >= 0.3 is 0 Å². The molecule has 106 valence electrons. The lowest BCUT2D eigenvalue weighted by Crippen LogP contribution is -2.04. The first-order valence-electron chi connectivity index (χ1n) is 7.38. The van der Waals surface area contributed by atoms with Crippen LogP contribution in [0.5, 0.6) is 5.75 Å². The number of hydrogen-bond acceptors (Lipinski definition) is 2. The Morgan fingerprint density at radius 1 is 1.11 bits per heavy atom. The van der Waals surface area contributed by atoms with Crippen molar-refractivity contribution < 1.29 is 9.53 Å². The van der Waals surface area contributed by atoms with Crippen molar-refractivity contribution in [2.75, 3.05) is 7.11 Å². The molecule has 0 saturated heterocycles. The number of aldehydes is 1. The van der Waals surface area contributed by atoms with Gasteiger partial charge in [-0.15, -0.1) is 0 Å². The van der Waals surface area contributed by atoms with Gasteiger partial charge in [-0.2, -0.15) is 0 Å². The highest BCUT2D eigenvalue weighted by molar-refractivity contribution is 5.53. The van der Waals surface area contributed by atoms with Crippen LogP contribution in [-0.4, -0.2) is 13.4 Å². The number of ether oxygens (including phenoxy) is 1. The van der Waals surface area contributed by atoms with Crippen molar-refractivity contribution in [2.24, 2.45) is 5.92 Å². The van der Waals surface area contributed by atoms with E-state index in [9.17, 15) is 4.79 Å². The van der Waals surface area contributed by atoms with Crippen LogP contribution in [0.1, 0.15) is 51.0 Å². The molecule has 2 nitrogen and oxygen atoms in total. The van der Waals surface area contributed by atoms with Crippen molar-refractivity contribution in [3.63, 3.8) is 0 Å². The van der Waals surface area contributed by atoms with Crippen LogP contribution in [-0.2, 0) is 11.2 Å². The van der Waals surface area contributed by atoms with E-state index >= 15 is 0 Å². The summed E-state index contributed by atoms with van der Waals surface area (Å²) in [6, 6.07) is 8.12. The van der Waals surface area contributed by atoms with Gasteiger partial charge in [0.15, 0.2) is 0 Å². The van der Waals surface area contributed by atoms with Gasteiger partial charge in [0.05, 0.1) is 7.11 Å². The van der Waals surface area contributed by atoms with Crippen LogP contribution in [0.15, 0.2) is 24.3 Å². The van der Waals surface area contributed by atoms with Crippen molar-refractivity contribution in [3.05, 3.63) is 29.8 Å². The molecule has 0 radical (unpaired) electrons. The third kappa shape index (κ3) is 6.42. The Morgan fingerprint density at radius 2 is 1.84 bits per heavy atom. The van der Waals surface area contributed by atoms with Crippen molar-refractivity contribution in [1.82, 2.24) is 0 Å². The van der Waals surface area contributed by atoms with Gasteiger partial charge in [0.25, 0.3) is 0 Å². The minimum absolute atomic E-state index is 0.221. The summed E-state index contributed by atoms with van der Waals surface area (Å²) >= 11 is 0. The summed E-state index contributed by atoms with van der Waals surface area (Å²) < 4.78 is 5.14. The van der Waals surface area contributed by atoms with Crippen LogP contribution < -0.4 is 4.74 Å². The minimum atomic E-state index is 0.221. The molecule has 0 aliphatic heterocycles. The van der Waals surface area contributed by atoms with E-state index in [2.05, 4.69) is 19.1 Å². The topological polar surface area (TPSA) is 26.3 Å². The average Bonchev–Trinajstić information content (AvgIpc) is 2.47. The van der Waals surface area contributed by atoms with E-state index in [1.54, 1.807) is 7.11 Å². The SMILES string of the molecule is CCCCCC[C@@H](C=O)CCc1ccc(OC)cc1. The number of carbonyl (C=O) groups excluding carboxylic acids is 1. The average molecular weight is 262 g/mol. The molecule has 0 aliphatic carbocycles. The third-order valence-electron chi connectivity index (χ3n) is 3.58. The van der Waals surface area contributed by atoms with Crippen LogP contribution in [0, 0.1) is 5.92 Å². The van der Waals surface area contributed by atoms with E-state index in [0.717, 1.165) is 31.3 Å². The maximum absolute atomic E-state index is 11.1. The first kappa shape index (κ1) is 15.7. The van der Waals surface area contributed by atoms with Crippen LogP contribution in [0.2, 0.25) is 0 Å². The summed E-state index contributed by atoms with van der Waals surface area (Å²) in [6.07, 6.45) is 9.07. The molecule has 19 heavy (non-hydrogen) atoms. The molecule has 1 rings (SSSR count). The van der Waals surface area contributed by atoms with Crippen molar-refractivity contribution in [3.8, 4) is 5.75 Å². The lowest BCUT2D eigenvalue weighted by atomic mass is 9.95. The Balaban J connectivity index is 2.29. The van der Waals surface area contributed by atoms with Crippen LogP contribution in [0.4, 0.5) is 0 Å². The summed E-state index contributed by atoms with van der Waals surface area (Å²) in [6.45, 7) is 2.21. The van der Waals surface area contributed by atoms with Crippen molar-refractivity contribution in [2.45, 2.75) is 51.9 Å². The van der Waals surface area contributed by atoms with E-state index in [0.29, 0.717) is 0 Å². The molecular weight excluding hydrogens is 236 g/mol. The van der Waals surface area contributed by atoms with E-state index in [1.807, 2.05) is 12.1 Å². The van der Waals surface area contributed by atoms with Crippen LogP contribution >= 0.6 is 0 Å². The molecule has 0 aliphatic rings. The third-order valence-corrected chi connectivity index (χ3v) is 3.58. The molecule has 0 heterocycles. The van der Waals surface area contributed by atoms with Gasteiger partial charge < -0.3 is 9.53 Å². The molecule has 1 aromatic rings. The number of methoxy groups -OCH3 is 1. The molecule has 1 atom stereocenters. The summed E-state index contributed by atoms with van der Waals surface area (Å²) in [5, 5.41) is 0. The Kier molecular flexibility index (Phi) is 7.95. The molecule has 0 unspecified atom stereocenters. The monoisotopic (exact) mass is 262 g/mol. The summed E-state index contributed by atoms with van der Waals surface area (Å²) in [7, 11) is 1.67. The molecule has 0 fully saturated rings. The van der Waals surface area contributed by atoms with Gasteiger partial charge in [-0.05, 0) is 37.0 Å². The fourth-order valence-corrected chi connectivity index (χ4v) is 2.26. The van der Waals surface area contributed by atoms with E-state index in [-0.39, 0.29) is 5.92 Å². The number of hydrogen-bond donors (Lipinski definition) is 0. The second-order valence-corrected chi connectivity index (χ2v) is 5.13. The van der Waals surface area contributed by atoms with E-state index < -0.39 is 0 Å². The Labute approximate surface area is 117 Å². The van der Waals surface area contributed by atoms with Gasteiger partial charge in [0.1, 0.15) is 12.0 Å². The zero-order valence-corrected chi connectivity index (χ0v) is 12.2. The van der Waals surface area contributed by atoms with Gasteiger partial charge in [0.2, 0.25) is 0 Å². The largest absolute Gasteiger partial charge is 0.497 e. The van der Waals surface area contributed by atoms with Crippen molar-refractivity contribution in [1.29, 1.82) is 0 Å². The number of rotatable bonds is 10. The molecule has 1 aromatic carbocycles. The second-order valence-electron chi connectivity index (χ2n) is 5.13. The molecule has 0 spiro atoms. The quantitative estimate of drug-likeness (QED) is 0.461. The standard InChI is InChI=1S/C17H26O2/c1-3-4-5-6-7-16(14-18)9-8-15-10-12-17(19-2)13-11-15/h10-14,16H,3-9H2,1-2H3/t16-/m1/s1. The van der Waals surface area contributed by atoms with Crippen LogP contribution in [0.3, 0.4) is 0 Å². The molecular formula is C17H26O2. The maximum Gasteiger partial charge on any atom is 0.123 e. The van der Waals surface area contributed by atoms with Gasteiger partial charge in [-0.1, -0.05) is 44.7 Å². The number of benzene rings is 1. The minimum Gasteiger partial charge on any atom is -0.497 e. The summed E-state index contributed by atoms with van der Waals surface area (Å²) in [5.41, 5.74) is 1.28. The Hall–Kier alpha value is -1.31. The van der Waals surface area contributed by atoms with E-state index in [1.165, 1.54) is 31.2 Å². The van der Waals surface area contributed by atoms with E-state index in [4.69, 9.17) is 4.74 Å². The second kappa shape index (κ2) is 9.60. The summed E-state index contributed by atoms with van der Waals surface area (Å²) in [4.78, 5) is 11.1. The van der Waals surface area contributed by atoms with Crippen LogP contribution in [0.25, 0.3) is 0 Å². The predicted molar refractivity (Wildman–Crippen MR) is 79.6 cm³/mol. The molecule has 0 aromatic heterocycles. The number of aryl methyl sites for hydroxylation is 1. The molecule has 2 heteroatoms. The lowest BCUT2D eigenvalue weighted by molar-refractivity contribution is -0.111. The zero-order valence-electron chi connectivity index (χ0n) is 12.2. The number of carbonyl (C=O) groups is 1. The Bertz CT molecular complexity index is 343. The number of unbranched alkanes of at least 4 members (excludes halogenated alkanes) is 3. The first-order valence-corrected chi connectivity index (χ1v) is 7.38. The zero-order chi connectivity index (χ0) is 13.9. The van der Waals surface area contributed by atoms with Crippen molar-refractivity contribution >= 4 is 6.29 Å². The fourth-order valence-electron chi connectivity index (χ4n) is 2.26. The predicted octanol–water partition coefficient (Wildman–Crippen LogP) is 4.41.